The molecule has 0 aliphatic heterocycles. The zero-order chi connectivity index (χ0) is 11.4. The van der Waals surface area contributed by atoms with Gasteiger partial charge in [0.2, 0.25) is 0 Å². The van der Waals surface area contributed by atoms with Crippen molar-refractivity contribution in [3.8, 4) is 0 Å². The molecule has 0 saturated carbocycles. The normalized spacial score (nSPS) is 10.3. The topological polar surface area (TPSA) is 93.9 Å². The van der Waals surface area contributed by atoms with Gasteiger partial charge in [-0.15, -0.1) is 0 Å². The standard InChI is InChI=1S/C8H8N4O3S/c1-2-14-6(13)5-3-15-8(11-5)16-7-9-4-10-12-7/h3-4H,2H2,1H3,(H,9,10,12). The van der Waals surface area contributed by atoms with Gasteiger partial charge in [0.05, 0.1) is 6.61 Å². The number of hydrogen-bond donors (Lipinski definition) is 1. The molecule has 0 radical (unpaired) electrons. The molecule has 0 saturated heterocycles. The fourth-order valence-corrected chi connectivity index (χ4v) is 1.53. The number of H-pyrrole nitrogens is 1. The molecule has 0 aromatic carbocycles. The third-order valence-corrected chi connectivity index (χ3v) is 2.30. The summed E-state index contributed by atoms with van der Waals surface area (Å²) in [5.41, 5.74) is 0.142. The second kappa shape index (κ2) is 4.79. The Bertz CT molecular complexity index is 467. The van der Waals surface area contributed by atoms with E-state index >= 15 is 0 Å². The molecule has 0 fully saturated rings. The highest BCUT2D eigenvalue weighted by Gasteiger charge is 2.14. The molecule has 2 rings (SSSR count). The van der Waals surface area contributed by atoms with E-state index in [0.717, 1.165) is 11.8 Å². The minimum atomic E-state index is -0.504. The first kappa shape index (κ1) is 10.7. The lowest BCUT2D eigenvalue weighted by molar-refractivity contribution is 0.0519. The first-order valence-corrected chi connectivity index (χ1v) is 5.27. The van der Waals surface area contributed by atoms with Crippen molar-refractivity contribution >= 4 is 17.7 Å². The largest absolute Gasteiger partial charge is 0.461 e. The number of carbonyl (C=O) groups excluding carboxylic acids is 1. The van der Waals surface area contributed by atoms with Crippen LogP contribution in [-0.4, -0.2) is 32.7 Å². The van der Waals surface area contributed by atoms with E-state index in [1.54, 1.807) is 6.92 Å². The highest BCUT2D eigenvalue weighted by molar-refractivity contribution is 7.98. The van der Waals surface area contributed by atoms with E-state index in [-0.39, 0.29) is 5.69 Å². The molecule has 2 aromatic heterocycles. The Morgan fingerprint density at radius 1 is 1.69 bits per heavy atom. The van der Waals surface area contributed by atoms with Crippen molar-refractivity contribution in [2.45, 2.75) is 17.3 Å². The molecule has 0 amide bonds. The van der Waals surface area contributed by atoms with Crippen molar-refractivity contribution in [1.29, 1.82) is 0 Å². The van der Waals surface area contributed by atoms with Crippen LogP contribution >= 0.6 is 11.8 Å². The molecule has 8 heteroatoms. The van der Waals surface area contributed by atoms with Crippen LogP contribution in [0.5, 0.6) is 0 Å². The molecule has 0 atom stereocenters. The summed E-state index contributed by atoms with van der Waals surface area (Å²) in [6.45, 7) is 2.03. The van der Waals surface area contributed by atoms with Gasteiger partial charge < -0.3 is 9.15 Å². The van der Waals surface area contributed by atoms with Gasteiger partial charge in [-0.25, -0.2) is 9.78 Å². The van der Waals surface area contributed by atoms with E-state index in [1.165, 1.54) is 12.6 Å². The van der Waals surface area contributed by atoms with Crippen LogP contribution in [0, 0.1) is 0 Å². The lowest BCUT2D eigenvalue weighted by Gasteiger charge is -1.94. The van der Waals surface area contributed by atoms with Gasteiger partial charge in [0.1, 0.15) is 12.6 Å². The van der Waals surface area contributed by atoms with Crippen molar-refractivity contribution in [2.75, 3.05) is 6.61 Å². The Hall–Kier alpha value is -1.83. The Kier molecular flexibility index (Phi) is 3.20. The van der Waals surface area contributed by atoms with E-state index in [0.29, 0.717) is 17.0 Å². The number of rotatable bonds is 4. The molecule has 7 nitrogen and oxygen atoms in total. The van der Waals surface area contributed by atoms with E-state index in [4.69, 9.17) is 9.15 Å². The summed E-state index contributed by atoms with van der Waals surface area (Å²) in [6, 6.07) is 0. The van der Waals surface area contributed by atoms with Gasteiger partial charge in [0, 0.05) is 11.8 Å². The molecule has 0 aliphatic carbocycles. The number of aromatic nitrogens is 4. The smallest absolute Gasteiger partial charge is 0.360 e. The minimum Gasteiger partial charge on any atom is -0.461 e. The van der Waals surface area contributed by atoms with Crippen molar-refractivity contribution in [2.24, 2.45) is 0 Å². The first-order chi connectivity index (χ1) is 7.79. The van der Waals surface area contributed by atoms with Crippen LogP contribution in [0.4, 0.5) is 0 Å². The molecule has 2 aromatic rings. The fourth-order valence-electron chi connectivity index (χ4n) is 0.929. The molecule has 84 valence electrons. The highest BCUT2D eigenvalue weighted by atomic mass is 32.2. The van der Waals surface area contributed by atoms with Crippen molar-refractivity contribution in [3.05, 3.63) is 18.3 Å². The number of ether oxygens (including phenoxy) is 1. The molecular weight excluding hydrogens is 232 g/mol. The Morgan fingerprint density at radius 3 is 3.25 bits per heavy atom. The van der Waals surface area contributed by atoms with Gasteiger partial charge in [-0.2, -0.15) is 10.1 Å². The van der Waals surface area contributed by atoms with Gasteiger partial charge in [0.25, 0.3) is 5.22 Å². The molecule has 0 bridgehead atoms. The third kappa shape index (κ3) is 2.40. The van der Waals surface area contributed by atoms with E-state index in [1.807, 2.05) is 0 Å². The predicted molar refractivity (Wildman–Crippen MR) is 53.0 cm³/mol. The predicted octanol–water partition coefficient (Wildman–Crippen LogP) is 1.12. The minimum absolute atomic E-state index is 0.142. The lowest BCUT2D eigenvalue weighted by atomic mass is 10.5. The number of hydrogen-bond acceptors (Lipinski definition) is 7. The van der Waals surface area contributed by atoms with Crippen molar-refractivity contribution in [1.82, 2.24) is 20.2 Å². The maximum Gasteiger partial charge on any atom is 0.360 e. The number of carbonyl (C=O) groups is 1. The molecule has 0 unspecified atom stereocenters. The summed E-state index contributed by atoms with van der Waals surface area (Å²) < 4.78 is 9.84. The number of oxazole rings is 1. The van der Waals surface area contributed by atoms with Gasteiger partial charge in [-0.3, -0.25) is 5.10 Å². The van der Waals surface area contributed by atoms with Crippen LogP contribution < -0.4 is 0 Å². The molecule has 0 aliphatic rings. The van der Waals surface area contributed by atoms with Crippen molar-refractivity contribution in [3.63, 3.8) is 0 Å². The van der Waals surface area contributed by atoms with Gasteiger partial charge in [0.15, 0.2) is 10.9 Å². The first-order valence-electron chi connectivity index (χ1n) is 4.45. The maximum atomic E-state index is 11.3. The van der Waals surface area contributed by atoms with Gasteiger partial charge in [-0.05, 0) is 6.92 Å². The van der Waals surface area contributed by atoms with E-state index in [9.17, 15) is 4.79 Å². The van der Waals surface area contributed by atoms with Crippen LogP contribution in [0.25, 0.3) is 0 Å². The molecule has 16 heavy (non-hydrogen) atoms. The fraction of sp³-hybridized carbons (Fsp3) is 0.250. The number of nitrogens with zero attached hydrogens (tertiary/aromatic N) is 3. The Morgan fingerprint density at radius 2 is 2.56 bits per heavy atom. The molecule has 2 heterocycles. The zero-order valence-corrected chi connectivity index (χ0v) is 9.15. The Balaban J connectivity index is 2.05. The summed E-state index contributed by atoms with van der Waals surface area (Å²) >= 11 is 1.14. The van der Waals surface area contributed by atoms with E-state index < -0.39 is 5.97 Å². The van der Waals surface area contributed by atoms with Crippen LogP contribution in [0.1, 0.15) is 17.4 Å². The summed E-state index contributed by atoms with van der Waals surface area (Å²) in [5.74, 6) is -0.504. The van der Waals surface area contributed by atoms with Gasteiger partial charge >= 0.3 is 5.97 Å². The number of nitrogens with one attached hydrogen (secondary N) is 1. The molecular formula is C8H8N4O3S. The molecule has 0 spiro atoms. The summed E-state index contributed by atoms with van der Waals surface area (Å²) in [7, 11) is 0. The second-order valence-corrected chi connectivity index (χ2v) is 3.55. The monoisotopic (exact) mass is 240 g/mol. The summed E-state index contributed by atoms with van der Waals surface area (Å²) in [6.07, 6.45) is 2.62. The van der Waals surface area contributed by atoms with Crippen LogP contribution in [0.3, 0.4) is 0 Å². The average molecular weight is 240 g/mol. The van der Waals surface area contributed by atoms with Crippen LogP contribution in [0.15, 0.2) is 27.4 Å². The third-order valence-electron chi connectivity index (χ3n) is 1.54. The summed E-state index contributed by atoms with van der Waals surface area (Å²) in [5, 5.41) is 7.15. The van der Waals surface area contributed by atoms with E-state index in [2.05, 4.69) is 20.2 Å². The quantitative estimate of drug-likeness (QED) is 0.800. The average Bonchev–Trinajstić information content (AvgIpc) is 2.90. The lowest BCUT2D eigenvalue weighted by Crippen LogP contribution is -2.04. The molecule has 1 N–H and O–H groups in total. The summed E-state index contributed by atoms with van der Waals surface area (Å²) in [4.78, 5) is 19.1. The van der Waals surface area contributed by atoms with Gasteiger partial charge in [-0.1, -0.05) is 0 Å². The van der Waals surface area contributed by atoms with Crippen LogP contribution in [-0.2, 0) is 4.74 Å². The number of aromatic amines is 1. The maximum absolute atomic E-state index is 11.3. The zero-order valence-electron chi connectivity index (χ0n) is 8.34. The second-order valence-electron chi connectivity index (χ2n) is 2.61. The van der Waals surface area contributed by atoms with Crippen molar-refractivity contribution < 1.29 is 13.9 Å². The SMILES string of the molecule is CCOC(=O)c1coc(Sc2ncn[nH]2)n1. The van der Waals surface area contributed by atoms with Crippen LogP contribution in [0.2, 0.25) is 0 Å². The Labute approximate surface area is 94.6 Å². The number of esters is 1. The highest BCUT2D eigenvalue weighted by Crippen LogP contribution is 2.22.